The molecule has 5 nitrogen and oxygen atoms in total. The molecular formula is C15H17ClN2O3. The van der Waals surface area contributed by atoms with Gasteiger partial charge in [-0.2, -0.15) is 4.98 Å². The number of aromatic nitrogens is 2. The molecular weight excluding hydrogens is 292 g/mol. The molecule has 1 heterocycles. The van der Waals surface area contributed by atoms with Crippen molar-refractivity contribution in [3.8, 4) is 17.4 Å². The molecule has 1 aromatic carbocycles. The number of hydrogen-bond acceptors (Lipinski definition) is 5. The molecule has 0 spiro atoms. The van der Waals surface area contributed by atoms with E-state index in [-0.39, 0.29) is 0 Å². The maximum atomic E-state index is 5.96. The van der Waals surface area contributed by atoms with Crippen LogP contribution in [-0.2, 0) is 11.3 Å². The fourth-order valence-corrected chi connectivity index (χ4v) is 1.86. The monoisotopic (exact) mass is 308 g/mol. The van der Waals surface area contributed by atoms with Gasteiger partial charge in [-0.1, -0.05) is 17.7 Å². The second-order valence-electron chi connectivity index (χ2n) is 4.09. The van der Waals surface area contributed by atoms with Crippen molar-refractivity contribution in [3.05, 3.63) is 41.3 Å². The Balaban J connectivity index is 2.14. The highest BCUT2D eigenvalue weighted by Gasteiger charge is 2.06. The molecule has 0 unspecified atom stereocenters. The number of hydrogen-bond donors (Lipinski definition) is 0. The molecule has 0 bridgehead atoms. The summed E-state index contributed by atoms with van der Waals surface area (Å²) >= 11 is 5.96. The Morgan fingerprint density at radius 1 is 1.05 bits per heavy atom. The number of nitrogens with zero attached hydrogens (tertiary/aromatic N) is 2. The first kappa shape index (κ1) is 15.5. The van der Waals surface area contributed by atoms with E-state index in [0.29, 0.717) is 42.4 Å². The fourth-order valence-electron chi connectivity index (χ4n) is 1.67. The molecule has 0 saturated carbocycles. The van der Waals surface area contributed by atoms with E-state index in [2.05, 4.69) is 9.97 Å². The van der Waals surface area contributed by atoms with Crippen LogP contribution >= 0.6 is 11.6 Å². The van der Waals surface area contributed by atoms with Gasteiger partial charge in [0.05, 0.1) is 6.61 Å². The zero-order chi connectivity index (χ0) is 15.1. The first-order chi connectivity index (χ1) is 10.2. The molecule has 0 aliphatic heterocycles. The molecule has 0 N–H and O–H groups in total. The largest absolute Gasteiger partial charge is 0.494 e. The minimum absolute atomic E-state index is 0.298. The lowest BCUT2D eigenvalue weighted by atomic mass is 10.3. The van der Waals surface area contributed by atoms with Gasteiger partial charge in [-0.05, 0) is 26.0 Å². The predicted molar refractivity (Wildman–Crippen MR) is 80.1 cm³/mol. The van der Waals surface area contributed by atoms with Gasteiger partial charge in [-0.25, -0.2) is 4.98 Å². The van der Waals surface area contributed by atoms with Crippen LogP contribution < -0.4 is 9.47 Å². The first-order valence-electron chi connectivity index (χ1n) is 6.73. The summed E-state index contributed by atoms with van der Waals surface area (Å²) in [5.74, 6) is 2.22. The summed E-state index contributed by atoms with van der Waals surface area (Å²) in [5.41, 5.74) is 0. The molecule has 6 heteroatoms. The maximum absolute atomic E-state index is 5.96. The number of benzene rings is 1. The van der Waals surface area contributed by atoms with E-state index in [4.69, 9.17) is 25.8 Å². The summed E-state index contributed by atoms with van der Waals surface area (Å²) in [6.45, 7) is 5.31. The Labute approximate surface area is 128 Å². The Morgan fingerprint density at radius 3 is 2.62 bits per heavy atom. The fraction of sp³-hybridized carbons (Fsp3) is 0.333. The van der Waals surface area contributed by atoms with Crippen molar-refractivity contribution in [1.82, 2.24) is 9.97 Å². The van der Waals surface area contributed by atoms with E-state index < -0.39 is 0 Å². The molecule has 0 atom stereocenters. The third-order valence-electron chi connectivity index (χ3n) is 2.49. The summed E-state index contributed by atoms with van der Waals surface area (Å²) in [6.07, 6.45) is 0. The number of rotatable bonds is 7. The second-order valence-corrected chi connectivity index (χ2v) is 4.48. The minimum Gasteiger partial charge on any atom is -0.494 e. The van der Waals surface area contributed by atoms with Crippen molar-refractivity contribution >= 4 is 11.6 Å². The molecule has 112 valence electrons. The van der Waals surface area contributed by atoms with E-state index >= 15 is 0 Å². The van der Waals surface area contributed by atoms with E-state index in [1.807, 2.05) is 32.0 Å². The van der Waals surface area contributed by atoms with Crippen LogP contribution in [0.25, 0.3) is 0 Å². The van der Waals surface area contributed by atoms with Crippen LogP contribution in [0.2, 0.25) is 5.15 Å². The Hall–Kier alpha value is -1.85. The third kappa shape index (κ3) is 4.88. The standard InChI is InChI=1S/C15H17ClN2O3/c1-3-19-10-14-17-13(16)9-15(18-14)21-12-7-5-6-11(8-12)20-4-2/h5-9H,3-4,10H2,1-2H3. The topological polar surface area (TPSA) is 53.5 Å². The zero-order valence-corrected chi connectivity index (χ0v) is 12.8. The van der Waals surface area contributed by atoms with Crippen LogP contribution in [-0.4, -0.2) is 23.2 Å². The Morgan fingerprint density at radius 2 is 1.86 bits per heavy atom. The van der Waals surface area contributed by atoms with Crippen LogP contribution in [0.3, 0.4) is 0 Å². The molecule has 0 radical (unpaired) electrons. The molecule has 2 rings (SSSR count). The van der Waals surface area contributed by atoms with E-state index in [1.54, 1.807) is 12.1 Å². The van der Waals surface area contributed by atoms with Crippen LogP contribution in [0.1, 0.15) is 19.7 Å². The lowest BCUT2D eigenvalue weighted by Crippen LogP contribution is -2.01. The molecule has 0 saturated heterocycles. The second kappa shape index (κ2) is 7.81. The van der Waals surface area contributed by atoms with Gasteiger partial charge in [0.1, 0.15) is 23.3 Å². The highest BCUT2D eigenvalue weighted by molar-refractivity contribution is 6.29. The van der Waals surface area contributed by atoms with E-state index in [0.717, 1.165) is 5.75 Å². The van der Waals surface area contributed by atoms with Gasteiger partial charge < -0.3 is 14.2 Å². The SMILES string of the molecule is CCOCc1nc(Cl)cc(Oc2cccc(OCC)c2)n1. The van der Waals surface area contributed by atoms with Gasteiger partial charge in [0.2, 0.25) is 5.88 Å². The summed E-state index contributed by atoms with van der Waals surface area (Å²) < 4.78 is 16.4. The van der Waals surface area contributed by atoms with Crippen molar-refractivity contribution in [2.24, 2.45) is 0 Å². The Kier molecular flexibility index (Phi) is 5.78. The summed E-state index contributed by atoms with van der Waals surface area (Å²) in [6, 6.07) is 8.89. The molecule has 21 heavy (non-hydrogen) atoms. The highest BCUT2D eigenvalue weighted by Crippen LogP contribution is 2.25. The molecule has 0 aliphatic rings. The van der Waals surface area contributed by atoms with Gasteiger partial charge in [-0.3, -0.25) is 0 Å². The summed E-state index contributed by atoms with van der Waals surface area (Å²) in [7, 11) is 0. The molecule has 1 aromatic heterocycles. The van der Waals surface area contributed by atoms with E-state index in [9.17, 15) is 0 Å². The maximum Gasteiger partial charge on any atom is 0.224 e. The molecule has 0 aliphatic carbocycles. The normalized spacial score (nSPS) is 10.4. The Bertz CT molecular complexity index is 593. The lowest BCUT2D eigenvalue weighted by Gasteiger charge is -2.09. The smallest absolute Gasteiger partial charge is 0.224 e. The zero-order valence-electron chi connectivity index (χ0n) is 12.0. The van der Waals surface area contributed by atoms with Crippen LogP contribution in [0.4, 0.5) is 0 Å². The van der Waals surface area contributed by atoms with Gasteiger partial charge in [0.15, 0.2) is 5.82 Å². The first-order valence-corrected chi connectivity index (χ1v) is 7.11. The molecule has 2 aromatic rings. The predicted octanol–water partition coefficient (Wildman–Crippen LogP) is 3.86. The van der Waals surface area contributed by atoms with Crippen molar-refractivity contribution in [1.29, 1.82) is 0 Å². The molecule has 0 amide bonds. The van der Waals surface area contributed by atoms with Crippen molar-refractivity contribution in [2.45, 2.75) is 20.5 Å². The average molecular weight is 309 g/mol. The van der Waals surface area contributed by atoms with E-state index in [1.165, 1.54) is 0 Å². The lowest BCUT2D eigenvalue weighted by molar-refractivity contribution is 0.128. The van der Waals surface area contributed by atoms with Gasteiger partial charge in [-0.15, -0.1) is 0 Å². The number of halogens is 1. The summed E-state index contributed by atoms with van der Waals surface area (Å²) in [4.78, 5) is 8.34. The van der Waals surface area contributed by atoms with Gasteiger partial charge in [0.25, 0.3) is 0 Å². The van der Waals surface area contributed by atoms with Crippen LogP contribution in [0.5, 0.6) is 17.4 Å². The van der Waals surface area contributed by atoms with Crippen molar-refractivity contribution < 1.29 is 14.2 Å². The number of ether oxygens (including phenoxy) is 3. The van der Waals surface area contributed by atoms with Crippen LogP contribution in [0.15, 0.2) is 30.3 Å². The quantitative estimate of drug-likeness (QED) is 0.727. The molecule has 0 fully saturated rings. The summed E-state index contributed by atoms with van der Waals surface area (Å²) in [5, 5.41) is 0.315. The van der Waals surface area contributed by atoms with Gasteiger partial charge >= 0.3 is 0 Å². The van der Waals surface area contributed by atoms with Crippen molar-refractivity contribution in [3.63, 3.8) is 0 Å². The van der Waals surface area contributed by atoms with Crippen LogP contribution in [0, 0.1) is 0 Å². The minimum atomic E-state index is 0.298. The van der Waals surface area contributed by atoms with Gasteiger partial charge in [0, 0.05) is 18.7 Å². The third-order valence-corrected chi connectivity index (χ3v) is 2.69. The average Bonchev–Trinajstić information content (AvgIpc) is 2.45. The van der Waals surface area contributed by atoms with Crippen molar-refractivity contribution in [2.75, 3.05) is 13.2 Å². The highest BCUT2D eigenvalue weighted by atomic mass is 35.5.